The molecule has 0 radical (unpaired) electrons. The highest BCUT2D eigenvalue weighted by Crippen LogP contribution is 2.36. The maximum Gasteiger partial charge on any atom is 0.0623 e. The van der Waals surface area contributed by atoms with Gasteiger partial charge in [-0.05, 0) is 49.8 Å². The summed E-state index contributed by atoms with van der Waals surface area (Å²) in [5.41, 5.74) is 6.86. The molecular formula is C16H24ClNO2. The molecule has 1 fully saturated rings. The van der Waals surface area contributed by atoms with Gasteiger partial charge in [-0.25, -0.2) is 0 Å². The normalized spacial score (nSPS) is 25.0. The maximum atomic E-state index is 10.4. The van der Waals surface area contributed by atoms with Gasteiger partial charge in [0.1, 0.15) is 0 Å². The fraction of sp³-hybridized carbons (Fsp3) is 0.625. The predicted octanol–water partition coefficient (Wildman–Crippen LogP) is 2.95. The summed E-state index contributed by atoms with van der Waals surface area (Å²) in [6.45, 7) is 3.22. The average Bonchev–Trinajstić information content (AvgIpc) is 2.37. The lowest BCUT2D eigenvalue weighted by atomic mass is 9.76. The second kappa shape index (κ2) is 7.41. The minimum atomic E-state index is -0.411. The van der Waals surface area contributed by atoms with E-state index >= 15 is 0 Å². The fourth-order valence-electron chi connectivity index (χ4n) is 3.00. The molecule has 2 unspecified atom stereocenters. The zero-order chi connectivity index (χ0) is 14.5. The maximum absolute atomic E-state index is 10.4. The second-order valence-corrected chi connectivity index (χ2v) is 6.05. The van der Waals surface area contributed by atoms with Crippen LogP contribution >= 0.6 is 11.6 Å². The number of benzene rings is 1. The standard InChI is InChI=1S/C16H24ClNO2/c1-2-20-14-6-11(7-14)8-16(19)15(10-18)12-4-3-5-13(17)9-12/h3-5,9,11,14-16,19H,2,6-8,10,18H2,1H3. The number of hydrogen-bond donors (Lipinski definition) is 2. The van der Waals surface area contributed by atoms with Gasteiger partial charge in [0.05, 0.1) is 12.2 Å². The van der Waals surface area contributed by atoms with Crippen LogP contribution in [0.15, 0.2) is 24.3 Å². The van der Waals surface area contributed by atoms with Gasteiger partial charge in [-0.15, -0.1) is 0 Å². The van der Waals surface area contributed by atoms with Gasteiger partial charge < -0.3 is 15.6 Å². The first-order valence-corrected chi connectivity index (χ1v) is 7.77. The topological polar surface area (TPSA) is 55.5 Å². The molecule has 0 saturated heterocycles. The van der Waals surface area contributed by atoms with E-state index in [0.29, 0.717) is 23.6 Å². The molecule has 3 N–H and O–H groups in total. The van der Waals surface area contributed by atoms with Crippen LogP contribution in [0.25, 0.3) is 0 Å². The first-order chi connectivity index (χ1) is 9.63. The van der Waals surface area contributed by atoms with Crippen molar-refractivity contribution in [2.75, 3.05) is 13.2 Å². The van der Waals surface area contributed by atoms with Crippen LogP contribution in [0.3, 0.4) is 0 Å². The van der Waals surface area contributed by atoms with Crippen LogP contribution in [0.1, 0.15) is 37.7 Å². The van der Waals surface area contributed by atoms with E-state index in [-0.39, 0.29) is 5.92 Å². The Labute approximate surface area is 126 Å². The Bertz CT molecular complexity index is 421. The van der Waals surface area contributed by atoms with E-state index in [1.165, 1.54) is 0 Å². The molecule has 0 aromatic heterocycles. The van der Waals surface area contributed by atoms with Crippen molar-refractivity contribution in [1.82, 2.24) is 0 Å². The summed E-state index contributed by atoms with van der Waals surface area (Å²) in [7, 11) is 0. The first kappa shape index (κ1) is 15.8. The Hall–Kier alpha value is -0.610. The van der Waals surface area contributed by atoms with E-state index < -0.39 is 6.10 Å². The second-order valence-electron chi connectivity index (χ2n) is 5.62. The number of ether oxygens (including phenoxy) is 1. The summed E-state index contributed by atoms with van der Waals surface area (Å²) >= 11 is 6.01. The monoisotopic (exact) mass is 297 g/mol. The molecule has 1 aliphatic rings. The van der Waals surface area contributed by atoms with Crippen LogP contribution in [0.4, 0.5) is 0 Å². The molecule has 4 heteroatoms. The number of nitrogens with two attached hydrogens (primary N) is 1. The molecule has 1 aromatic carbocycles. The van der Waals surface area contributed by atoms with Crippen LogP contribution in [-0.2, 0) is 4.74 Å². The van der Waals surface area contributed by atoms with Gasteiger partial charge >= 0.3 is 0 Å². The summed E-state index contributed by atoms with van der Waals surface area (Å²) < 4.78 is 5.55. The number of aliphatic hydroxyl groups excluding tert-OH is 1. The molecule has 1 saturated carbocycles. The van der Waals surface area contributed by atoms with E-state index in [4.69, 9.17) is 22.1 Å². The molecule has 20 heavy (non-hydrogen) atoms. The number of hydrogen-bond acceptors (Lipinski definition) is 3. The zero-order valence-electron chi connectivity index (χ0n) is 12.0. The first-order valence-electron chi connectivity index (χ1n) is 7.39. The molecule has 1 aliphatic carbocycles. The van der Waals surface area contributed by atoms with Crippen molar-refractivity contribution in [3.05, 3.63) is 34.9 Å². The van der Waals surface area contributed by atoms with Crippen LogP contribution in [0.5, 0.6) is 0 Å². The lowest BCUT2D eigenvalue weighted by Gasteiger charge is -2.37. The van der Waals surface area contributed by atoms with Gasteiger partial charge in [0.15, 0.2) is 0 Å². The van der Waals surface area contributed by atoms with Crippen molar-refractivity contribution in [2.45, 2.75) is 44.3 Å². The van der Waals surface area contributed by atoms with Crippen molar-refractivity contribution >= 4 is 11.6 Å². The Kier molecular flexibility index (Phi) is 5.85. The minimum Gasteiger partial charge on any atom is -0.392 e. The van der Waals surface area contributed by atoms with Gasteiger partial charge in [-0.3, -0.25) is 0 Å². The molecule has 0 bridgehead atoms. The molecule has 0 amide bonds. The van der Waals surface area contributed by atoms with Gasteiger partial charge in [0, 0.05) is 24.1 Å². The molecule has 0 heterocycles. The van der Waals surface area contributed by atoms with Crippen molar-refractivity contribution in [3.8, 4) is 0 Å². The lowest BCUT2D eigenvalue weighted by Crippen LogP contribution is -2.36. The molecular weight excluding hydrogens is 274 g/mol. The number of aliphatic hydroxyl groups is 1. The highest BCUT2D eigenvalue weighted by molar-refractivity contribution is 6.30. The largest absolute Gasteiger partial charge is 0.392 e. The Morgan fingerprint density at radius 1 is 1.45 bits per heavy atom. The summed E-state index contributed by atoms with van der Waals surface area (Å²) in [4.78, 5) is 0. The molecule has 112 valence electrons. The third kappa shape index (κ3) is 3.95. The minimum absolute atomic E-state index is 0.0418. The predicted molar refractivity (Wildman–Crippen MR) is 82.0 cm³/mol. The third-order valence-corrected chi connectivity index (χ3v) is 4.40. The number of halogens is 1. The quantitative estimate of drug-likeness (QED) is 0.813. The zero-order valence-corrected chi connectivity index (χ0v) is 12.7. The lowest BCUT2D eigenvalue weighted by molar-refractivity contribution is -0.0398. The third-order valence-electron chi connectivity index (χ3n) is 4.16. The SMILES string of the molecule is CCOC1CC(CC(O)C(CN)c2cccc(Cl)c2)C1. The van der Waals surface area contributed by atoms with Crippen molar-refractivity contribution in [2.24, 2.45) is 11.7 Å². The highest BCUT2D eigenvalue weighted by Gasteiger charge is 2.33. The van der Waals surface area contributed by atoms with Crippen LogP contribution in [-0.4, -0.2) is 30.5 Å². The highest BCUT2D eigenvalue weighted by atomic mass is 35.5. The van der Waals surface area contributed by atoms with Crippen LogP contribution in [0, 0.1) is 5.92 Å². The van der Waals surface area contributed by atoms with Gasteiger partial charge in [0.25, 0.3) is 0 Å². The summed E-state index contributed by atoms with van der Waals surface area (Å²) in [5, 5.41) is 11.1. The smallest absolute Gasteiger partial charge is 0.0623 e. The van der Waals surface area contributed by atoms with E-state index in [9.17, 15) is 5.11 Å². The summed E-state index contributed by atoms with van der Waals surface area (Å²) in [5.74, 6) is 0.509. The molecule has 2 atom stereocenters. The Balaban J connectivity index is 1.88. The van der Waals surface area contributed by atoms with E-state index in [1.807, 2.05) is 31.2 Å². The fourth-order valence-corrected chi connectivity index (χ4v) is 3.20. The van der Waals surface area contributed by atoms with E-state index in [0.717, 1.165) is 31.4 Å². The van der Waals surface area contributed by atoms with Crippen molar-refractivity contribution in [1.29, 1.82) is 0 Å². The Morgan fingerprint density at radius 3 is 2.80 bits per heavy atom. The molecule has 2 rings (SSSR count). The van der Waals surface area contributed by atoms with E-state index in [1.54, 1.807) is 0 Å². The van der Waals surface area contributed by atoms with Gasteiger partial charge in [0.2, 0.25) is 0 Å². The van der Waals surface area contributed by atoms with Crippen LogP contribution < -0.4 is 5.73 Å². The molecule has 0 spiro atoms. The van der Waals surface area contributed by atoms with Gasteiger partial charge in [-0.2, -0.15) is 0 Å². The molecule has 0 aliphatic heterocycles. The van der Waals surface area contributed by atoms with Crippen molar-refractivity contribution in [3.63, 3.8) is 0 Å². The van der Waals surface area contributed by atoms with Crippen LogP contribution in [0.2, 0.25) is 5.02 Å². The van der Waals surface area contributed by atoms with Gasteiger partial charge in [-0.1, -0.05) is 23.7 Å². The summed E-state index contributed by atoms with van der Waals surface area (Å²) in [6, 6.07) is 7.62. The Morgan fingerprint density at radius 2 is 2.20 bits per heavy atom. The summed E-state index contributed by atoms with van der Waals surface area (Å²) in [6.07, 6.45) is 2.87. The van der Waals surface area contributed by atoms with E-state index in [2.05, 4.69) is 0 Å². The average molecular weight is 298 g/mol. The number of rotatable bonds is 7. The molecule has 3 nitrogen and oxygen atoms in total. The molecule has 1 aromatic rings. The van der Waals surface area contributed by atoms with Crippen molar-refractivity contribution < 1.29 is 9.84 Å².